The van der Waals surface area contributed by atoms with Crippen molar-refractivity contribution in [1.82, 2.24) is 9.97 Å². The van der Waals surface area contributed by atoms with E-state index in [0.717, 1.165) is 17.5 Å². The molecule has 14 heavy (non-hydrogen) atoms. The average Bonchev–Trinajstić information content (AvgIpc) is 2.61. The molecular weight excluding hydrogens is 174 g/mol. The van der Waals surface area contributed by atoms with Gasteiger partial charge in [0, 0.05) is 6.20 Å². The normalized spacial score (nSPS) is 10.9. The van der Waals surface area contributed by atoms with Crippen LogP contribution in [-0.4, -0.2) is 9.97 Å². The quantitative estimate of drug-likeness (QED) is 0.779. The van der Waals surface area contributed by atoms with Gasteiger partial charge in [-0.1, -0.05) is 13.3 Å². The fourth-order valence-corrected chi connectivity index (χ4v) is 1.70. The molecular formula is C11H15N3. The highest BCUT2D eigenvalue weighted by Crippen LogP contribution is 2.19. The number of aryl methyl sites for hydroxylation is 1. The number of hydrogen-bond donors (Lipinski definition) is 2. The number of unbranched alkanes of at least 4 members (excludes halogenated alkanes) is 1. The van der Waals surface area contributed by atoms with Crippen LogP contribution in [0.15, 0.2) is 18.3 Å². The molecule has 3 N–H and O–H groups in total. The first-order chi connectivity index (χ1) is 6.81. The summed E-state index contributed by atoms with van der Waals surface area (Å²) in [6.07, 6.45) is 5.37. The second-order valence-electron chi connectivity index (χ2n) is 3.55. The minimum absolute atomic E-state index is 0.614. The van der Waals surface area contributed by atoms with Crippen molar-refractivity contribution < 1.29 is 0 Å². The Morgan fingerprint density at radius 2 is 2.36 bits per heavy atom. The van der Waals surface area contributed by atoms with Gasteiger partial charge in [-0.3, -0.25) is 0 Å². The van der Waals surface area contributed by atoms with Gasteiger partial charge in [-0.05, 0) is 30.5 Å². The van der Waals surface area contributed by atoms with Gasteiger partial charge < -0.3 is 10.7 Å². The van der Waals surface area contributed by atoms with Gasteiger partial charge in [0.1, 0.15) is 5.82 Å². The average molecular weight is 189 g/mol. The van der Waals surface area contributed by atoms with E-state index in [1.165, 1.54) is 18.4 Å². The van der Waals surface area contributed by atoms with Gasteiger partial charge in [-0.2, -0.15) is 0 Å². The van der Waals surface area contributed by atoms with Gasteiger partial charge in [0.05, 0.1) is 11.0 Å². The number of H-pyrrole nitrogens is 1. The van der Waals surface area contributed by atoms with E-state index >= 15 is 0 Å². The predicted octanol–water partition coefficient (Wildman–Crippen LogP) is 2.49. The van der Waals surface area contributed by atoms with Crippen LogP contribution < -0.4 is 5.73 Å². The number of aromatic nitrogens is 2. The highest BCUT2D eigenvalue weighted by molar-refractivity contribution is 5.80. The third kappa shape index (κ3) is 1.58. The van der Waals surface area contributed by atoms with Gasteiger partial charge in [-0.25, -0.2) is 4.98 Å². The summed E-state index contributed by atoms with van der Waals surface area (Å²) in [5.74, 6) is 0.614. The standard InChI is InChI=1S/C11H15N3/c1-2-3-4-8-7-10(12)14-9-5-6-13-11(8)9/h5-7,13H,2-4H2,1H3,(H2,12,14). The zero-order valence-electron chi connectivity index (χ0n) is 8.38. The fraction of sp³-hybridized carbons (Fsp3) is 0.364. The van der Waals surface area contributed by atoms with Crippen LogP contribution in [0.3, 0.4) is 0 Å². The van der Waals surface area contributed by atoms with Crippen LogP contribution in [0.4, 0.5) is 5.82 Å². The highest BCUT2D eigenvalue weighted by atomic mass is 14.9. The van der Waals surface area contributed by atoms with E-state index in [-0.39, 0.29) is 0 Å². The maximum Gasteiger partial charge on any atom is 0.124 e. The molecule has 0 bridgehead atoms. The minimum Gasteiger partial charge on any atom is -0.384 e. The zero-order chi connectivity index (χ0) is 9.97. The number of nitrogens with one attached hydrogen (secondary N) is 1. The molecule has 0 amide bonds. The van der Waals surface area contributed by atoms with Crippen LogP contribution in [-0.2, 0) is 6.42 Å². The first-order valence-electron chi connectivity index (χ1n) is 5.03. The first-order valence-corrected chi connectivity index (χ1v) is 5.03. The summed E-state index contributed by atoms with van der Waals surface area (Å²) in [5.41, 5.74) is 9.11. The Bertz CT molecular complexity index is 431. The highest BCUT2D eigenvalue weighted by Gasteiger charge is 2.04. The molecule has 0 radical (unpaired) electrons. The molecule has 0 aliphatic heterocycles. The van der Waals surface area contributed by atoms with Crippen LogP contribution >= 0.6 is 0 Å². The van der Waals surface area contributed by atoms with Crippen LogP contribution in [0.25, 0.3) is 11.0 Å². The lowest BCUT2D eigenvalue weighted by Gasteiger charge is -2.03. The lowest BCUT2D eigenvalue weighted by atomic mass is 10.1. The molecule has 0 atom stereocenters. The van der Waals surface area contributed by atoms with Crippen molar-refractivity contribution in [1.29, 1.82) is 0 Å². The summed E-state index contributed by atoms with van der Waals surface area (Å²) in [6, 6.07) is 3.93. The number of nitrogens with two attached hydrogens (primary N) is 1. The van der Waals surface area contributed by atoms with Crippen LogP contribution in [0.5, 0.6) is 0 Å². The van der Waals surface area contributed by atoms with Crippen molar-refractivity contribution in [3.63, 3.8) is 0 Å². The first kappa shape index (κ1) is 9.06. The minimum atomic E-state index is 0.614. The molecule has 2 heterocycles. The van der Waals surface area contributed by atoms with Gasteiger partial charge in [0.2, 0.25) is 0 Å². The topological polar surface area (TPSA) is 54.7 Å². The SMILES string of the molecule is CCCCc1cc(N)nc2cc[nH]c12. The molecule has 0 aliphatic rings. The lowest BCUT2D eigenvalue weighted by Crippen LogP contribution is -1.94. The van der Waals surface area contributed by atoms with Gasteiger partial charge in [0.15, 0.2) is 0 Å². The van der Waals surface area contributed by atoms with Crippen LogP contribution in [0, 0.1) is 0 Å². The zero-order valence-corrected chi connectivity index (χ0v) is 8.38. The Kier molecular flexibility index (Phi) is 2.39. The molecule has 74 valence electrons. The van der Waals surface area contributed by atoms with Crippen LogP contribution in [0.1, 0.15) is 25.3 Å². The third-order valence-electron chi connectivity index (χ3n) is 2.42. The summed E-state index contributed by atoms with van der Waals surface area (Å²) in [5, 5.41) is 0. The number of rotatable bonds is 3. The van der Waals surface area contributed by atoms with Crippen molar-refractivity contribution in [3.8, 4) is 0 Å². The molecule has 0 aliphatic carbocycles. The van der Waals surface area contributed by atoms with E-state index in [2.05, 4.69) is 16.9 Å². The molecule has 0 saturated heterocycles. The summed E-state index contributed by atoms with van der Waals surface area (Å²) in [4.78, 5) is 7.46. The van der Waals surface area contributed by atoms with Crippen LogP contribution in [0.2, 0.25) is 0 Å². The molecule has 2 aromatic heterocycles. The van der Waals surface area contributed by atoms with E-state index in [0.29, 0.717) is 5.82 Å². The van der Waals surface area contributed by atoms with Crippen molar-refractivity contribution in [2.75, 3.05) is 5.73 Å². The lowest BCUT2D eigenvalue weighted by molar-refractivity contribution is 0.797. The predicted molar refractivity (Wildman–Crippen MR) is 59.1 cm³/mol. The molecule has 0 spiro atoms. The largest absolute Gasteiger partial charge is 0.384 e. The Morgan fingerprint density at radius 3 is 3.14 bits per heavy atom. The maximum absolute atomic E-state index is 5.73. The number of fused-ring (bicyclic) bond motifs is 1. The number of nitrogens with zero attached hydrogens (tertiary/aromatic N) is 1. The molecule has 3 nitrogen and oxygen atoms in total. The van der Waals surface area contributed by atoms with Crippen molar-refractivity contribution >= 4 is 16.9 Å². The number of pyridine rings is 1. The van der Waals surface area contributed by atoms with E-state index in [9.17, 15) is 0 Å². The Balaban J connectivity index is 2.44. The molecule has 3 heteroatoms. The summed E-state index contributed by atoms with van der Waals surface area (Å²) < 4.78 is 0. The van der Waals surface area contributed by atoms with E-state index in [1.54, 1.807) is 0 Å². The fourth-order valence-electron chi connectivity index (χ4n) is 1.70. The van der Waals surface area contributed by atoms with Gasteiger partial charge in [-0.15, -0.1) is 0 Å². The second-order valence-corrected chi connectivity index (χ2v) is 3.55. The van der Waals surface area contributed by atoms with Gasteiger partial charge >= 0.3 is 0 Å². The number of nitrogen functional groups attached to an aromatic ring is 1. The van der Waals surface area contributed by atoms with Gasteiger partial charge in [0.25, 0.3) is 0 Å². The molecule has 0 unspecified atom stereocenters. The Morgan fingerprint density at radius 1 is 1.50 bits per heavy atom. The maximum atomic E-state index is 5.73. The summed E-state index contributed by atoms with van der Waals surface area (Å²) in [6.45, 7) is 2.19. The van der Waals surface area contributed by atoms with Crippen molar-refractivity contribution in [3.05, 3.63) is 23.9 Å². The monoisotopic (exact) mass is 189 g/mol. The molecule has 2 aromatic rings. The number of hydrogen-bond acceptors (Lipinski definition) is 2. The van der Waals surface area contributed by atoms with E-state index in [1.807, 2.05) is 18.3 Å². The third-order valence-corrected chi connectivity index (χ3v) is 2.42. The van der Waals surface area contributed by atoms with Crippen molar-refractivity contribution in [2.24, 2.45) is 0 Å². The number of anilines is 1. The molecule has 0 aromatic carbocycles. The Hall–Kier alpha value is -1.51. The second kappa shape index (κ2) is 3.70. The molecule has 2 rings (SSSR count). The summed E-state index contributed by atoms with van der Waals surface area (Å²) in [7, 11) is 0. The van der Waals surface area contributed by atoms with Crippen molar-refractivity contribution in [2.45, 2.75) is 26.2 Å². The van der Waals surface area contributed by atoms with E-state index < -0.39 is 0 Å². The Labute approximate surface area is 83.3 Å². The summed E-state index contributed by atoms with van der Waals surface area (Å²) >= 11 is 0. The molecule has 0 fully saturated rings. The van der Waals surface area contributed by atoms with E-state index in [4.69, 9.17) is 5.73 Å². The smallest absolute Gasteiger partial charge is 0.124 e. The number of aromatic amines is 1. The molecule has 0 saturated carbocycles.